The van der Waals surface area contributed by atoms with Crippen LogP contribution in [0, 0.1) is 0 Å². The lowest BCUT2D eigenvalue weighted by Crippen LogP contribution is -2.08. The van der Waals surface area contributed by atoms with Gasteiger partial charge in [0.25, 0.3) is 0 Å². The van der Waals surface area contributed by atoms with E-state index in [2.05, 4.69) is 6.92 Å². The molecular formula is C29H32O4. The average Bonchev–Trinajstić information content (AvgIpc) is 2.86. The summed E-state index contributed by atoms with van der Waals surface area (Å²) in [5.41, 5.74) is 2.94. The fraction of sp³-hybridized carbons (Fsp3) is 0.310. The molecule has 4 heteroatoms. The van der Waals surface area contributed by atoms with Crippen LogP contribution in [0.2, 0.25) is 0 Å². The molecule has 0 aliphatic rings. The predicted molar refractivity (Wildman–Crippen MR) is 132 cm³/mol. The molecule has 0 bridgehead atoms. The standard InChI is InChI=1S/C29H32O4/c1-2-3-4-5-6-7-11-22-32-28(30)25-18-14-23(15-19-25)24-16-20-26(21-17-24)29(31)33-27-12-9-8-10-13-27/h8-10,12-21H,2-7,11,22H2,1H3. The minimum absolute atomic E-state index is 0.286. The molecule has 0 aliphatic heterocycles. The molecule has 3 aromatic rings. The SMILES string of the molecule is CCCCCCCCCOC(=O)c1ccc(-c2ccc(C(=O)Oc3ccccc3)cc2)cc1. The van der Waals surface area contributed by atoms with E-state index < -0.39 is 5.97 Å². The molecule has 4 nitrogen and oxygen atoms in total. The zero-order chi connectivity index (χ0) is 23.3. The Labute approximate surface area is 196 Å². The van der Waals surface area contributed by atoms with Crippen LogP contribution in [0.4, 0.5) is 0 Å². The largest absolute Gasteiger partial charge is 0.462 e. The van der Waals surface area contributed by atoms with E-state index in [0.29, 0.717) is 23.5 Å². The first-order chi connectivity index (χ1) is 16.2. The monoisotopic (exact) mass is 444 g/mol. The Morgan fingerprint density at radius 2 is 1.12 bits per heavy atom. The smallest absolute Gasteiger partial charge is 0.343 e. The molecule has 0 amide bonds. The molecule has 0 aromatic heterocycles. The van der Waals surface area contributed by atoms with Crippen molar-refractivity contribution < 1.29 is 19.1 Å². The Kier molecular flexibility index (Phi) is 9.71. The van der Waals surface area contributed by atoms with Crippen molar-refractivity contribution in [2.45, 2.75) is 51.9 Å². The average molecular weight is 445 g/mol. The third kappa shape index (κ3) is 7.90. The maximum absolute atomic E-state index is 12.3. The van der Waals surface area contributed by atoms with Gasteiger partial charge in [0, 0.05) is 0 Å². The van der Waals surface area contributed by atoms with Gasteiger partial charge in [0.2, 0.25) is 0 Å². The highest BCUT2D eigenvalue weighted by Gasteiger charge is 2.10. The lowest BCUT2D eigenvalue weighted by molar-refractivity contribution is 0.0497. The van der Waals surface area contributed by atoms with E-state index in [1.165, 1.54) is 32.1 Å². The van der Waals surface area contributed by atoms with E-state index in [-0.39, 0.29) is 5.97 Å². The molecule has 33 heavy (non-hydrogen) atoms. The third-order valence-corrected chi connectivity index (χ3v) is 5.51. The highest BCUT2D eigenvalue weighted by molar-refractivity contribution is 5.92. The Morgan fingerprint density at radius 3 is 1.70 bits per heavy atom. The highest BCUT2D eigenvalue weighted by Crippen LogP contribution is 2.22. The summed E-state index contributed by atoms with van der Waals surface area (Å²) in [5, 5.41) is 0. The summed E-state index contributed by atoms with van der Waals surface area (Å²) in [5.74, 6) is -0.167. The maximum Gasteiger partial charge on any atom is 0.343 e. The molecule has 0 atom stereocenters. The van der Waals surface area contributed by atoms with E-state index in [4.69, 9.17) is 9.47 Å². The minimum Gasteiger partial charge on any atom is -0.462 e. The van der Waals surface area contributed by atoms with Gasteiger partial charge in [-0.05, 0) is 53.9 Å². The molecule has 3 rings (SSSR count). The number of rotatable bonds is 12. The molecule has 0 heterocycles. The summed E-state index contributed by atoms with van der Waals surface area (Å²) in [4.78, 5) is 24.6. The van der Waals surface area contributed by atoms with Crippen molar-refractivity contribution in [3.05, 3.63) is 90.0 Å². The molecule has 172 valence electrons. The van der Waals surface area contributed by atoms with Gasteiger partial charge in [-0.3, -0.25) is 0 Å². The molecule has 3 aromatic carbocycles. The summed E-state index contributed by atoms with van der Waals surface area (Å²) >= 11 is 0. The summed E-state index contributed by atoms with van der Waals surface area (Å²) < 4.78 is 10.8. The first-order valence-corrected chi connectivity index (χ1v) is 11.8. The number of ether oxygens (including phenoxy) is 2. The first kappa shape index (κ1) is 24.2. The Bertz CT molecular complexity index is 992. The van der Waals surface area contributed by atoms with Gasteiger partial charge in [0.15, 0.2) is 0 Å². The van der Waals surface area contributed by atoms with Gasteiger partial charge in [-0.15, -0.1) is 0 Å². The number of esters is 2. The molecule has 0 spiro atoms. The van der Waals surface area contributed by atoms with Gasteiger partial charge in [-0.1, -0.05) is 87.9 Å². The van der Waals surface area contributed by atoms with E-state index >= 15 is 0 Å². The van der Waals surface area contributed by atoms with Gasteiger partial charge < -0.3 is 9.47 Å². The number of unbranched alkanes of at least 4 members (excludes halogenated alkanes) is 6. The van der Waals surface area contributed by atoms with Gasteiger partial charge in [0.1, 0.15) is 5.75 Å². The van der Waals surface area contributed by atoms with Crippen LogP contribution in [0.25, 0.3) is 11.1 Å². The number of carbonyl (C=O) groups excluding carboxylic acids is 2. The molecule has 0 saturated heterocycles. The van der Waals surface area contributed by atoms with E-state index in [1.807, 2.05) is 42.5 Å². The van der Waals surface area contributed by atoms with Crippen molar-refractivity contribution in [3.63, 3.8) is 0 Å². The van der Waals surface area contributed by atoms with Crippen molar-refractivity contribution in [2.24, 2.45) is 0 Å². The molecule has 0 radical (unpaired) electrons. The zero-order valence-corrected chi connectivity index (χ0v) is 19.3. The lowest BCUT2D eigenvalue weighted by Gasteiger charge is -2.07. The summed E-state index contributed by atoms with van der Waals surface area (Å²) in [6, 6.07) is 23.6. The fourth-order valence-corrected chi connectivity index (χ4v) is 3.56. The van der Waals surface area contributed by atoms with E-state index in [0.717, 1.165) is 24.0 Å². The topological polar surface area (TPSA) is 52.6 Å². The number of hydrogen-bond donors (Lipinski definition) is 0. The van der Waals surface area contributed by atoms with Crippen LogP contribution in [-0.2, 0) is 4.74 Å². The highest BCUT2D eigenvalue weighted by atomic mass is 16.5. The predicted octanol–water partition coefficient (Wildman–Crippen LogP) is 7.48. The van der Waals surface area contributed by atoms with Crippen LogP contribution >= 0.6 is 0 Å². The lowest BCUT2D eigenvalue weighted by atomic mass is 10.0. The van der Waals surface area contributed by atoms with Crippen LogP contribution in [-0.4, -0.2) is 18.5 Å². The molecule has 0 unspecified atom stereocenters. The summed E-state index contributed by atoms with van der Waals surface area (Å²) in [6.07, 6.45) is 8.33. The van der Waals surface area contributed by atoms with Crippen molar-refractivity contribution in [2.75, 3.05) is 6.61 Å². The number of carbonyl (C=O) groups is 2. The van der Waals surface area contributed by atoms with Crippen LogP contribution in [0.3, 0.4) is 0 Å². The summed E-state index contributed by atoms with van der Waals surface area (Å²) in [7, 11) is 0. The van der Waals surface area contributed by atoms with Crippen molar-refractivity contribution in [3.8, 4) is 16.9 Å². The van der Waals surface area contributed by atoms with E-state index in [9.17, 15) is 9.59 Å². The van der Waals surface area contributed by atoms with Crippen molar-refractivity contribution in [1.29, 1.82) is 0 Å². The van der Waals surface area contributed by atoms with Crippen LogP contribution in [0.5, 0.6) is 5.75 Å². The van der Waals surface area contributed by atoms with Crippen LogP contribution in [0.1, 0.15) is 72.6 Å². The molecule has 0 aliphatic carbocycles. The zero-order valence-electron chi connectivity index (χ0n) is 19.3. The molecule has 0 fully saturated rings. The molecule has 0 saturated carbocycles. The quantitative estimate of drug-likeness (QED) is 0.165. The van der Waals surface area contributed by atoms with Crippen LogP contribution < -0.4 is 4.74 Å². The number of para-hydroxylation sites is 1. The van der Waals surface area contributed by atoms with Gasteiger partial charge >= 0.3 is 11.9 Å². The Balaban J connectivity index is 1.46. The first-order valence-electron chi connectivity index (χ1n) is 11.8. The Morgan fingerprint density at radius 1 is 0.606 bits per heavy atom. The Hall–Kier alpha value is -3.40. The minimum atomic E-state index is -0.396. The second-order valence-electron chi connectivity index (χ2n) is 8.11. The van der Waals surface area contributed by atoms with Crippen molar-refractivity contribution in [1.82, 2.24) is 0 Å². The number of hydrogen-bond acceptors (Lipinski definition) is 4. The third-order valence-electron chi connectivity index (χ3n) is 5.51. The second-order valence-corrected chi connectivity index (χ2v) is 8.11. The number of benzene rings is 3. The van der Waals surface area contributed by atoms with E-state index in [1.54, 1.807) is 36.4 Å². The summed E-state index contributed by atoms with van der Waals surface area (Å²) in [6.45, 7) is 2.68. The maximum atomic E-state index is 12.3. The normalized spacial score (nSPS) is 10.6. The van der Waals surface area contributed by atoms with Gasteiger partial charge in [0.05, 0.1) is 17.7 Å². The second kappa shape index (κ2) is 13.2. The fourth-order valence-electron chi connectivity index (χ4n) is 3.56. The molecular weight excluding hydrogens is 412 g/mol. The van der Waals surface area contributed by atoms with Gasteiger partial charge in [-0.2, -0.15) is 0 Å². The molecule has 0 N–H and O–H groups in total. The van der Waals surface area contributed by atoms with Gasteiger partial charge in [-0.25, -0.2) is 9.59 Å². The van der Waals surface area contributed by atoms with Crippen molar-refractivity contribution >= 4 is 11.9 Å². The van der Waals surface area contributed by atoms with Crippen LogP contribution in [0.15, 0.2) is 78.9 Å².